The topological polar surface area (TPSA) is 37.8 Å². The highest BCUT2D eigenvalue weighted by molar-refractivity contribution is 7.18. The zero-order chi connectivity index (χ0) is 11.5. The molecule has 0 fully saturated rings. The zero-order valence-electron chi connectivity index (χ0n) is 9.12. The summed E-state index contributed by atoms with van der Waals surface area (Å²) < 4.78 is 13.6. The average Bonchev–Trinajstić information content (AvgIpc) is 2.71. The van der Waals surface area contributed by atoms with E-state index in [1.807, 2.05) is 13.8 Å². The fraction of sp³-hybridized carbons (Fsp3) is 0.273. The van der Waals surface area contributed by atoms with E-state index in [9.17, 15) is 4.39 Å². The monoisotopic (exact) mass is 237 g/mol. The molecule has 2 rings (SSSR count). The minimum atomic E-state index is -0.259. The molecular formula is C11H12FN3S. The van der Waals surface area contributed by atoms with Crippen LogP contribution in [0.1, 0.15) is 12.5 Å². The maximum Gasteiger partial charge on any atom is 0.205 e. The number of nitrogens with zero attached hydrogens (tertiary/aromatic N) is 2. The Morgan fingerprint density at radius 3 is 2.94 bits per heavy atom. The molecule has 0 amide bonds. The molecule has 1 aromatic carbocycles. The molecule has 16 heavy (non-hydrogen) atoms. The summed E-state index contributed by atoms with van der Waals surface area (Å²) in [4.78, 5) is 0. The van der Waals surface area contributed by atoms with Crippen molar-refractivity contribution in [3.8, 4) is 10.6 Å². The maximum atomic E-state index is 13.6. The third kappa shape index (κ3) is 2.19. The highest BCUT2D eigenvalue weighted by Gasteiger charge is 2.10. The lowest BCUT2D eigenvalue weighted by Crippen LogP contribution is -1.94. The van der Waals surface area contributed by atoms with Crippen LogP contribution in [0.15, 0.2) is 18.2 Å². The van der Waals surface area contributed by atoms with Crippen LogP contribution in [0, 0.1) is 12.7 Å². The van der Waals surface area contributed by atoms with E-state index in [2.05, 4.69) is 15.5 Å². The molecule has 0 aliphatic carbocycles. The Balaban J connectivity index is 2.38. The molecule has 1 aromatic heterocycles. The Bertz CT molecular complexity index is 496. The lowest BCUT2D eigenvalue weighted by molar-refractivity contribution is 0.630. The van der Waals surface area contributed by atoms with Crippen molar-refractivity contribution in [3.63, 3.8) is 0 Å². The number of benzene rings is 1. The van der Waals surface area contributed by atoms with E-state index >= 15 is 0 Å². The van der Waals surface area contributed by atoms with Crippen molar-refractivity contribution in [1.29, 1.82) is 0 Å². The molecule has 1 heterocycles. The van der Waals surface area contributed by atoms with Gasteiger partial charge in [0.15, 0.2) is 5.01 Å². The van der Waals surface area contributed by atoms with E-state index < -0.39 is 0 Å². The number of aromatic nitrogens is 2. The molecule has 0 aliphatic heterocycles. The smallest absolute Gasteiger partial charge is 0.205 e. The van der Waals surface area contributed by atoms with Crippen molar-refractivity contribution in [1.82, 2.24) is 10.2 Å². The molecule has 0 radical (unpaired) electrons. The molecule has 0 bridgehead atoms. The Labute approximate surface area is 97.3 Å². The van der Waals surface area contributed by atoms with Gasteiger partial charge in [-0.1, -0.05) is 23.0 Å². The van der Waals surface area contributed by atoms with Crippen LogP contribution in [0.25, 0.3) is 10.6 Å². The van der Waals surface area contributed by atoms with Crippen molar-refractivity contribution < 1.29 is 4.39 Å². The number of aryl methyl sites for hydroxylation is 1. The van der Waals surface area contributed by atoms with E-state index in [1.54, 1.807) is 12.1 Å². The Hall–Kier alpha value is -1.49. The SMILES string of the molecule is CCNc1nnc(-c2cc(C)ccc2F)s1. The molecule has 3 nitrogen and oxygen atoms in total. The van der Waals surface area contributed by atoms with Crippen LogP contribution in [0.3, 0.4) is 0 Å². The summed E-state index contributed by atoms with van der Waals surface area (Å²) in [6.07, 6.45) is 0. The first kappa shape index (κ1) is 11.0. The van der Waals surface area contributed by atoms with Gasteiger partial charge in [-0.15, -0.1) is 10.2 Å². The third-order valence-corrected chi connectivity index (χ3v) is 3.02. The Kier molecular flexibility index (Phi) is 3.14. The highest BCUT2D eigenvalue weighted by Crippen LogP contribution is 2.28. The first-order valence-electron chi connectivity index (χ1n) is 5.04. The minimum absolute atomic E-state index is 0.259. The quantitative estimate of drug-likeness (QED) is 0.891. The normalized spacial score (nSPS) is 10.4. The van der Waals surface area contributed by atoms with Crippen LogP contribution in [0.5, 0.6) is 0 Å². The Morgan fingerprint density at radius 1 is 1.38 bits per heavy atom. The van der Waals surface area contributed by atoms with Crippen LogP contribution < -0.4 is 5.32 Å². The van der Waals surface area contributed by atoms with Crippen molar-refractivity contribution in [3.05, 3.63) is 29.6 Å². The first-order valence-corrected chi connectivity index (χ1v) is 5.86. The molecule has 5 heteroatoms. The van der Waals surface area contributed by atoms with Gasteiger partial charge in [-0.3, -0.25) is 0 Å². The predicted octanol–water partition coefficient (Wildman–Crippen LogP) is 3.08. The third-order valence-electron chi connectivity index (χ3n) is 2.11. The van der Waals surface area contributed by atoms with Gasteiger partial charge in [-0.2, -0.15) is 0 Å². The summed E-state index contributed by atoms with van der Waals surface area (Å²) in [5, 5.41) is 12.3. The summed E-state index contributed by atoms with van der Waals surface area (Å²) >= 11 is 1.36. The molecule has 0 spiro atoms. The number of hydrogen-bond donors (Lipinski definition) is 1. The van der Waals surface area contributed by atoms with Gasteiger partial charge in [0.1, 0.15) is 5.82 Å². The van der Waals surface area contributed by atoms with Crippen LogP contribution in [-0.2, 0) is 0 Å². The second-order valence-electron chi connectivity index (χ2n) is 3.43. The van der Waals surface area contributed by atoms with Crippen LogP contribution >= 0.6 is 11.3 Å². The second-order valence-corrected chi connectivity index (χ2v) is 4.40. The molecule has 0 saturated carbocycles. The van der Waals surface area contributed by atoms with Gasteiger partial charge in [0, 0.05) is 12.1 Å². The van der Waals surface area contributed by atoms with E-state index in [4.69, 9.17) is 0 Å². The summed E-state index contributed by atoms with van der Waals surface area (Å²) in [6.45, 7) is 4.69. The number of rotatable bonds is 3. The second kappa shape index (κ2) is 4.57. The van der Waals surface area contributed by atoms with Crippen LogP contribution in [-0.4, -0.2) is 16.7 Å². The highest BCUT2D eigenvalue weighted by atomic mass is 32.1. The lowest BCUT2D eigenvalue weighted by atomic mass is 10.1. The van der Waals surface area contributed by atoms with Crippen molar-refractivity contribution in [2.45, 2.75) is 13.8 Å². The molecule has 1 N–H and O–H groups in total. The summed E-state index contributed by atoms with van der Waals surface area (Å²) in [6, 6.07) is 4.98. The minimum Gasteiger partial charge on any atom is -0.360 e. The predicted molar refractivity (Wildman–Crippen MR) is 64.2 cm³/mol. The fourth-order valence-corrected chi connectivity index (χ4v) is 2.19. The van der Waals surface area contributed by atoms with Gasteiger partial charge < -0.3 is 5.32 Å². The standard InChI is InChI=1S/C11H12FN3S/c1-3-13-11-15-14-10(16-11)8-6-7(2)4-5-9(8)12/h4-6H,3H2,1-2H3,(H,13,15). The van der Waals surface area contributed by atoms with Crippen LogP contribution in [0.4, 0.5) is 9.52 Å². The summed E-state index contributed by atoms with van der Waals surface area (Å²) in [5.74, 6) is -0.259. The molecule has 0 atom stereocenters. The number of halogens is 1. The van der Waals surface area contributed by atoms with E-state index in [1.165, 1.54) is 17.4 Å². The molecule has 0 saturated heterocycles. The van der Waals surface area contributed by atoms with Crippen molar-refractivity contribution in [2.24, 2.45) is 0 Å². The van der Waals surface area contributed by atoms with Gasteiger partial charge in [-0.05, 0) is 26.0 Å². The van der Waals surface area contributed by atoms with Crippen molar-refractivity contribution in [2.75, 3.05) is 11.9 Å². The fourth-order valence-electron chi connectivity index (χ4n) is 1.36. The van der Waals surface area contributed by atoms with Crippen molar-refractivity contribution >= 4 is 16.5 Å². The number of nitrogens with one attached hydrogen (secondary N) is 1. The average molecular weight is 237 g/mol. The van der Waals surface area contributed by atoms with Gasteiger partial charge in [-0.25, -0.2) is 4.39 Å². The Morgan fingerprint density at radius 2 is 2.19 bits per heavy atom. The van der Waals surface area contributed by atoms with Crippen LogP contribution in [0.2, 0.25) is 0 Å². The molecular weight excluding hydrogens is 225 g/mol. The lowest BCUT2D eigenvalue weighted by Gasteiger charge is -1.99. The molecule has 0 aliphatic rings. The van der Waals surface area contributed by atoms with Gasteiger partial charge in [0.2, 0.25) is 5.13 Å². The molecule has 84 valence electrons. The maximum absolute atomic E-state index is 13.6. The van der Waals surface area contributed by atoms with Gasteiger partial charge in [0.25, 0.3) is 0 Å². The number of anilines is 1. The van der Waals surface area contributed by atoms with Gasteiger partial charge >= 0.3 is 0 Å². The van der Waals surface area contributed by atoms with E-state index in [0.717, 1.165) is 17.2 Å². The van der Waals surface area contributed by atoms with E-state index in [-0.39, 0.29) is 5.82 Å². The number of hydrogen-bond acceptors (Lipinski definition) is 4. The van der Waals surface area contributed by atoms with E-state index in [0.29, 0.717) is 10.6 Å². The molecule has 2 aromatic rings. The largest absolute Gasteiger partial charge is 0.360 e. The summed E-state index contributed by atoms with van der Waals surface area (Å²) in [5.41, 5.74) is 1.53. The first-order chi connectivity index (χ1) is 7.70. The summed E-state index contributed by atoms with van der Waals surface area (Å²) in [7, 11) is 0. The molecule has 0 unspecified atom stereocenters. The zero-order valence-corrected chi connectivity index (χ0v) is 9.94. The van der Waals surface area contributed by atoms with Gasteiger partial charge in [0.05, 0.1) is 0 Å².